The van der Waals surface area contributed by atoms with Crippen LogP contribution in [0.5, 0.6) is 0 Å². The van der Waals surface area contributed by atoms with Gasteiger partial charge in [-0.05, 0) is 46.9 Å². The number of ketones is 1. The Labute approximate surface area is 149 Å². The van der Waals surface area contributed by atoms with Gasteiger partial charge < -0.3 is 0 Å². The normalized spacial score (nSPS) is 11.3. The van der Waals surface area contributed by atoms with Gasteiger partial charge in [-0.3, -0.25) is 4.79 Å². The summed E-state index contributed by atoms with van der Waals surface area (Å²) in [5.74, 6) is -0.0737. The zero-order valence-electron chi connectivity index (χ0n) is 12.3. The second-order valence-electron chi connectivity index (χ2n) is 5.00. The molecule has 0 saturated heterocycles. The molecule has 0 radical (unpaired) electrons. The molecule has 0 bridgehead atoms. The molecule has 0 unspecified atom stereocenters. The smallest absolute Gasteiger partial charge is 0.211 e. The largest absolute Gasteiger partial charge is 0.287 e. The van der Waals surface area contributed by atoms with Gasteiger partial charge in [0.15, 0.2) is 0 Å². The minimum Gasteiger partial charge on any atom is -0.287 e. The average Bonchev–Trinajstić information content (AvgIpc) is 2.62. The lowest BCUT2D eigenvalue weighted by atomic mass is 10.0. The monoisotopic (exact) mass is 411 g/mol. The van der Waals surface area contributed by atoms with Crippen LogP contribution in [0.1, 0.15) is 15.9 Å². The van der Waals surface area contributed by atoms with Gasteiger partial charge in [0.1, 0.15) is 5.71 Å². The van der Waals surface area contributed by atoms with E-state index < -0.39 is 0 Å². The number of rotatable bonds is 4. The fraction of sp³-hybridized carbons (Fsp3) is 0. The minimum atomic E-state index is -0.0737. The average molecular weight is 411 g/mol. The van der Waals surface area contributed by atoms with Crippen molar-refractivity contribution in [3.8, 4) is 0 Å². The van der Waals surface area contributed by atoms with Crippen LogP contribution in [0.15, 0.2) is 89.9 Å². The first-order valence-electron chi connectivity index (χ1n) is 7.23. The minimum absolute atomic E-state index is 0.0737. The number of hydrogen-bond donors (Lipinski definition) is 0. The molecule has 0 fully saturated rings. The van der Waals surface area contributed by atoms with Gasteiger partial charge in [0.2, 0.25) is 5.78 Å². The van der Waals surface area contributed by atoms with Gasteiger partial charge in [-0.1, -0.05) is 60.7 Å². The Bertz CT molecular complexity index is 825. The lowest BCUT2D eigenvalue weighted by molar-refractivity contribution is 0.106. The fourth-order valence-electron chi connectivity index (χ4n) is 2.21. The summed E-state index contributed by atoms with van der Waals surface area (Å²) in [6, 6.07) is 26.6. The predicted molar refractivity (Wildman–Crippen MR) is 103 cm³/mol. The van der Waals surface area contributed by atoms with E-state index in [4.69, 9.17) is 0 Å². The van der Waals surface area contributed by atoms with Crippen molar-refractivity contribution in [1.29, 1.82) is 0 Å². The van der Waals surface area contributed by atoms with Crippen LogP contribution in [0.25, 0.3) is 0 Å². The molecule has 0 aliphatic rings. The summed E-state index contributed by atoms with van der Waals surface area (Å²) in [6.07, 6.45) is 0. The molecular weight excluding hydrogens is 397 g/mol. The first kappa shape index (κ1) is 15.6. The Balaban J connectivity index is 2.07. The van der Waals surface area contributed by atoms with Crippen LogP contribution in [-0.4, -0.2) is 11.5 Å². The van der Waals surface area contributed by atoms with Crippen molar-refractivity contribution in [3.05, 3.63) is 99.6 Å². The number of carbonyl (C=O) groups is 1. The Morgan fingerprint density at radius 2 is 1.22 bits per heavy atom. The van der Waals surface area contributed by atoms with Crippen LogP contribution in [0.3, 0.4) is 0 Å². The Hall–Kier alpha value is -2.27. The summed E-state index contributed by atoms with van der Waals surface area (Å²) in [4.78, 5) is 17.5. The van der Waals surface area contributed by atoms with E-state index in [0.717, 1.165) is 14.8 Å². The molecule has 0 atom stereocenters. The van der Waals surface area contributed by atoms with E-state index >= 15 is 0 Å². The maximum atomic E-state index is 12.9. The van der Waals surface area contributed by atoms with Crippen LogP contribution in [0.4, 0.5) is 5.69 Å². The number of benzene rings is 3. The summed E-state index contributed by atoms with van der Waals surface area (Å²) in [5.41, 5.74) is 2.69. The molecule has 3 rings (SSSR count). The molecule has 0 aromatic heterocycles. The highest BCUT2D eigenvalue weighted by molar-refractivity contribution is 14.1. The number of hydrogen-bond acceptors (Lipinski definition) is 2. The van der Waals surface area contributed by atoms with Gasteiger partial charge in [-0.15, -0.1) is 0 Å². The maximum Gasteiger partial charge on any atom is 0.211 e. The number of carbonyl (C=O) groups excluding carboxylic acids is 1. The number of aliphatic imine (C=N–C) groups is 1. The quantitative estimate of drug-likeness (QED) is 0.326. The van der Waals surface area contributed by atoms with E-state index in [-0.39, 0.29) is 5.78 Å². The summed E-state index contributed by atoms with van der Waals surface area (Å²) in [5, 5.41) is 0. The third kappa shape index (κ3) is 3.93. The molecule has 3 heteroatoms. The molecule has 0 heterocycles. The van der Waals surface area contributed by atoms with Crippen molar-refractivity contribution < 1.29 is 4.79 Å². The van der Waals surface area contributed by atoms with Crippen molar-refractivity contribution >= 4 is 39.8 Å². The number of Topliss-reactive ketones (excluding diaryl/α,β-unsaturated/α-hetero) is 1. The third-order valence-corrected chi connectivity index (χ3v) is 4.08. The van der Waals surface area contributed by atoms with Crippen LogP contribution in [0.2, 0.25) is 0 Å². The van der Waals surface area contributed by atoms with E-state index in [1.165, 1.54) is 0 Å². The first-order valence-corrected chi connectivity index (χ1v) is 8.31. The van der Waals surface area contributed by atoms with E-state index in [1.807, 2.05) is 84.9 Å². The zero-order valence-corrected chi connectivity index (χ0v) is 14.5. The number of halogens is 1. The highest BCUT2D eigenvalue weighted by atomic mass is 127. The molecule has 0 aliphatic carbocycles. The lowest BCUT2D eigenvalue weighted by Gasteiger charge is -2.07. The number of nitrogens with zero attached hydrogens (tertiary/aromatic N) is 1. The van der Waals surface area contributed by atoms with Crippen molar-refractivity contribution in [2.24, 2.45) is 4.99 Å². The van der Waals surface area contributed by atoms with Crippen LogP contribution >= 0.6 is 22.6 Å². The summed E-state index contributed by atoms with van der Waals surface area (Å²) < 4.78 is 1.14. The van der Waals surface area contributed by atoms with Gasteiger partial charge in [0, 0.05) is 14.7 Å². The summed E-state index contributed by atoms with van der Waals surface area (Å²) in [7, 11) is 0. The Morgan fingerprint density at radius 3 is 1.78 bits per heavy atom. The molecule has 23 heavy (non-hydrogen) atoms. The van der Waals surface area contributed by atoms with Crippen LogP contribution in [0, 0.1) is 3.57 Å². The molecule has 0 N–H and O–H groups in total. The van der Waals surface area contributed by atoms with E-state index in [2.05, 4.69) is 27.6 Å². The first-order chi connectivity index (χ1) is 11.2. The molecule has 3 aromatic carbocycles. The van der Waals surface area contributed by atoms with Gasteiger partial charge in [-0.2, -0.15) is 0 Å². The second-order valence-corrected chi connectivity index (χ2v) is 6.24. The van der Waals surface area contributed by atoms with E-state index in [9.17, 15) is 4.79 Å². The van der Waals surface area contributed by atoms with Gasteiger partial charge in [0.25, 0.3) is 0 Å². The maximum absolute atomic E-state index is 12.9. The molecular formula is C20H14INO. The molecule has 3 aromatic rings. The molecule has 0 saturated carbocycles. The molecule has 0 amide bonds. The summed E-state index contributed by atoms with van der Waals surface area (Å²) in [6.45, 7) is 0. The van der Waals surface area contributed by atoms with Gasteiger partial charge in [-0.25, -0.2) is 4.99 Å². The second kappa shape index (κ2) is 7.33. The highest BCUT2D eigenvalue weighted by Gasteiger charge is 2.16. The van der Waals surface area contributed by atoms with Crippen molar-refractivity contribution in [1.82, 2.24) is 0 Å². The SMILES string of the molecule is O=C(C(=Nc1ccc(I)cc1)c1ccccc1)c1ccccc1. The van der Waals surface area contributed by atoms with E-state index in [0.29, 0.717) is 11.3 Å². The lowest BCUT2D eigenvalue weighted by Crippen LogP contribution is -2.15. The van der Waals surface area contributed by atoms with Gasteiger partial charge >= 0.3 is 0 Å². The van der Waals surface area contributed by atoms with Crippen molar-refractivity contribution in [3.63, 3.8) is 0 Å². The molecule has 0 spiro atoms. The Kier molecular flexibility index (Phi) is 4.98. The van der Waals surface area contributed by atoms with Crippen molar-refractivity contribution in [2.75, 3.05) is 0 Å². The predicted octanol–water partition coefficient (Wildman–Crippen LogP) is 5.29. The fourth-order valence-corrected chi connectivity index (χ4v) is 2.57. The van der Waals surface area contributed by atoms with Crippen LogP contribution in [-0.2, 0) is 0 Å². The van der Waals surface area contributed by atoms with E-state index in [1.54, 1.807) is 0 Å². The molecule has 112 valence electrons. The molecule has 2 nitrogen and oxygen atoms in total. The summed E-state index contributed by atoms with van der Waals surface area (Å²) >= 11 is 2.25. The third-order valence-electron chi connectivity index (χ3n) is 3.37. The Morgan fingerprint density at radius 1 is 0.696 bits per heavy atom. The topological polar surface area (TPSA) is 29.4 Å². The van der Waals surface area contributed by atoms with Crippen LogP contribution < -0.4 is 0 Å². The van der Waals surface area contributed by atoms with Gasteiger partial charge in [0.05, 0.1) is 5.69 Å². The zero-order chi connectivity index (χ0) is 16.1. The van der Waals surface area contributed by atoms with Crippen molar-refractivity contribution in [2.45, 2.75) is 0 Å². The molecule has 0 aliphatic heterocycles. The standard InChI is InChI=1S/C20H14INO/c21-17-11-13-18(14-12-17)22-19(15-7-3-1-4-8-15)20(23)16-9-5-2-6-10-16/h1-14H. The highest BCUT2D eigenvalue weighted by Crippen LogP contribution is 2.18.